The maximum atomic E-state index is 13.1. The Morgan fingerprint density at radius 1 is 1.08 bits per heavy atom. The molecule has 2 saturated carbocycles. The number of methoxy groups -OCH3 is 3. The van der Waals surface area contributed by atoms with Gasteiger partial charge in [0.25, 0.3) is 0 Å². The van der Waals surface area contributed by atoms with E-state index in [-0.39, 0.29) is 64.6 Å². The van der Waals surface area contributed by atoms with Gasteiger partial charge in [-0.1, -0.05) is 26.3 Å². The number of fused-ring (bicyclic) bond motifs is 4. The van der Waals surface area contributed by atoms with E-state index in [9.17, 15) is 4.79 Å². The fourth-order valence-corrected chi connectivity index (χ4v) is 10.4. The molecule has 7 heteroatoms. The Morgan fingerprint density at radius 3 is 2.47 bits per heavy atom. The highest BCUT2D eigenvalue weighted by Crippen LogP contribution is 2.73. The summed E-state index contributed by atoms with van der Waals surface area (Å²) >= 11 is 0. The summed E-state index contributed by atoms with van der Waals surface area (Å²) in [5.41, 5.74) is 2.05. The second-order valence-corrected chi connectivity index (χ2v) is 13.0. The van der Waals surface area contributed by atoms with Crippen LogP contribution in [0.2, 0.25) is 0 Å². The molecule has 0 aromatic rings. The van der Waals surface area contributed by atoms with Gasteiger partial charge in [-0.2, -0.15) is 0 Å². The van der Waals surface area contributed by atoms with E-state index < -0.39 is 0 Å². The summed E-state index contributed by atoms with van der Waals surface area (Å²) in [5.74, 6) is 1.02. The molecule has 2 unspecified atom stereocenters. The van der Waals surface area contributed by atoms with Gasteiger partial charge in [0.15, 0.2) is 0 Å². The van der Waals surface area contributed by atoms with Gasteiger partial charge in [0.05, 0.1) is 50.8 Å². The lowest BCUT2D eigenvalue weighted by molar-refractivity contribution is -0.251. The zero-order chi connectivity index (χ0) is 25.6. The molecule has 7 nitrogen and oxygen atoms in total. The first kappa shape index (κ1) is 25.3. The van der Waals surface area contributed by atoms with Gasteiger partial charge in [0, 0.05) is 55.8 Å². The predicted molar refractivity (Wildman–Crippen MR) is 132 cm³/mol. The highest BCUT2D eigenvalue weighted by molar-refractivity contribution is 5.70. The van der Waals surface area contributed by atoms with Crippen molar-refractivity contribution in [2.24, 2.45) is 39.9 Å². The predicted octanol–water partition coefficient (Wildman–Crippen LogP) is 3.79. The standard InChI is InChI=1S/C29H44O7/c1-15-17(16-8-9-34-13-16)10-18-23(15)29(4)19(11-22(30)33-7)28(3)21(32-6)12-20(31-5)27(2)14-35-24(25(27)28)26(29)36-18/h16-21,24-26H,8-14H2,1-7H3/t16?,17-,18-,19?,20-,21+,24-,25+,26-,27-,28+,29-/m1/s1. The average Bonchev–Trinajstić information content (AvgIpc) is 3.62. The fraction of sp³-hybridized carbons (Fsp3) is 0.897. The molecule has 12 atom stereocenters. The number of hydrogen-bond donors (Lipinski definition) is 0. The summed E-state index contributed by atoms with van der Waals surface area (Å²) in [4.78, 5) is 13.1. The normalized spacial score (nSPS) is 53.4. The third kappa shape index (κ3) is 3.01. The first-order chi connectivity index (χ1) is 17.2. The minimum Gasteiger partial charge on any atom is -0.469 e. The average molecular weight is 505 g/mol. The maximum absolute atomic E-state index is 13.1. The molecule has 0 bridgehead atoms. The smallest absolute Gasteiger partial charge is 0.305 e. The van der Waals surface area contributed by atoms with Crippen LogP contribution in [0.25, 0.3) is 0 Å². The summed E-state index contributed by atoms with van der Waals surface area (Å²) in [6.07, 6.45) is 3.14. The van der Waals surface area contributed by atoms with Crippen molar-refractivity contribution >= 4 is 5.97 Å². The zero-order valence-corrected chi connectivity index (χ0v) is 23.0. The molecule has 0 amide bonds. The summed E-state index contributed by atoms with van der Waals surface area (Å²) in [6, 6.07) is 0. The van der Waals surface area contributed by atoms with Crippen LogP contribution in [0.1, 0.15) is 53.4 Å². The Kier molecular flexibility index (Phi) is 5.98. The van der Waals surface area contributed by atoms with Gasteiger partial charge >= 0.3 is 5.97 Å². The van der Waals surface area contributed by atoms with Crippen LogP contribution >= 0.6 is 0 Å². The molecule has 0 aromatic heterocycles. The van der Waals surface area contributed by atoms with Gasteiger partial charge in [0.2, 0.25) is 0 Å². The lowest BCUT2D eigenvalue weighted by Crippen LogP contribution is -2.70. The van der Waals surface area contributed by atoms with Crippen LogP contribution < -0.4 is 0 Å². The summed E-state index contributed by atoms with van der Waals surface area (Å²) < 4.78 is 37.2. The van der Waals surface area contributed by atoms with E-state index in [4.69, 9.17) is 28.4 Å². The quantitative estimate of drug-likeness (QED) is 0.417. The number of carbonyl (C=O) groups excluding carboxylic acids is 1. The van der Waals surface area contributed by atoms with Crippen molar-refractivity contribution in [1.82, 2.24) is 0 Å². The molecule has 0 radical (unpaired) electrons. The third-order valence-corrected chi connectivity index (χ3v) is 11.9. The van der Waals surface area contributed by atoms with Crippen molar-refractivity contribution in [1.29, 1.82) is 0 Å². The van der Waals surface area contributed by atoms with Crippen molar-refractivity contribution in [3.63, 3.8) is 0 Å². The Bertz CT molecular complexity index is 942. The highest BCUT2D eigenvalue weighted by Gasteiger charge is 2.77. The van der Waals surface area contributed by atoms with E-state index in [0.29, 0.717) is 24.9 Å². The molecule has 5 fully saturated rings. The minimum atomic E-state index is -0.338. The molecule has 3 heterocycles. The molecular weight excluding hydrogens is 460 g/mol. The van der Waals surface area contributed by atoms with Crippen molar-refractivity contribution in [2.75, 3.05) is 41.2 Å². The molecule has 0 N–H and O–H groups in total. The largest absolute Gasteiger partial charge is 0.469 e. The van der Waals surface area contributed by atoms with Gasteiger partial charge in [-0.3, -0.25) is 4.79 Å². The SMILES string of the molecule is COC(=O)CC1[C@@]2(C)[C@@H](OC)C[C@@H](OC)[C@@]3(C)CO[C@@H]([C@H]4O[C@@H]5C[C@@H](C6CCOC6)C(C)=C5[C@@]14C)[C@@H]32. The van der Waals surface area contributed by atoms with E-state index in [1.165, 1.54) is 18.3 Å². The molecule has 6 aliphatic rings. The molecule has 0 aromatic carbocycles. The highest BCUT2D eigenvalue weighted by atomic mass is 16.6. The van der Waals surface area contributed by atoms with E-state index in [2.05, 4.69) is 27.7 Å². The topological polar surface area (TPSA) is 72.5 Å². The Hall–Kier alpha value is -0.990. The van der Waals surface area contributed by atoms with E-state index >= 15 is 0 Å². The molecule has 6 rings (SSSR count). The van der Waals surface area contributed by atoms with Crippen LogP contribution in [0.15, 0.2) is 11.1 Å². The first-order valence-electron chi connectivity index (χ1n) is 13.8. The summed E-state index contributed by atoms with van der Waals surface area (Å²) in [6.45, 7) is 11.7. The van der Waals surface area contributed by atoms with Crippen LogP contribution in [0.4, 0.5) is 0 Å². The van der Waals surface area contributed by atoms with Crippen molar-refractivity contribution in [3.8, 4) is 0 Å². The van der Waals surface area contributed by atoms with Crippen LogP contribution in [0.3, 0.4) is 0 Å². The monoisotopic (exact) mass is 504 g/mol. The Morgan fingerprint density at radius 2 is 1.83 bits per heavy atom. The molecule has 3 saturated heterocycles. The maximum Gasteiger partial charge on any atom is 0.305 e. The third-order valence-electron chi connectivity index (χ3n) is 11.9. The van der Waals surface area contributed by atoms with Crippen LogP contribution in [0.5, 0.6) is 0 Å². The number of carbonyl (C=O) groups is 1. The van der Waals surface area contributed by atoms with E-state index in [1.807, 2.05) is 7.11 Å². The van der Waals surface area contributed by atoms with Crippen molar-refractivity contribution in [2.45, 2.75) is 83.9 Å². The summed E-state index contributed by atoms with van der Waals surface area (Å²) in [7, 11) is 5.11. The lowest BCUT2D eigenvalue weighted by atomic mass is 9.40. The van der Waals surface area contributed by atoms with Crippen LogP contribution in [-0.2, 0) is 33.2 Å². The van der Waals surface area contributed by atoms with Crippen LogP contribution in [0, 0.1) is 39.9 Å². The number of rotatable bonds is 5. The van der Waals surface area contributed by atoms with Gasteiger partial charge in [0.1, 0.15) is 0 Å². The number of ether oxygens (including phenoxy) is 6. The molecular formula is C29H44O7. The Balaban J connectivity index is 1.52. The van der Waals surface area contributed by atoms with E-state index in [0.717, 1.165) is 32.5 Å². The molecule has 202 valence electrons. The van der Waals surface area contributed by atoms with Crippen molar-refractivity contribution in [3.05, 3.63) is 11.1 Å². The van der Waals surface area contributed by atoms with Gasteiger partial charge in [-0.25, -0.2) is 0 Å². The van der Waals surface area contributed by atoms with Gasteiger partial charge in [-0.15, -0.1) is 0 Å². The first-order valence-corrected chi connectivity index (χ1v) is 13.8. The molecule has 3 aliphatic heterocycles. The van der Waals surface area contributed by atoms with E-state index in [1.54, 1.807) is 7.11 Å². The number of hydrogen-bond acceptors (Lipinski definition) is 7. The second-order valence-electron chi connectivity index (χ2n) is 13.0. The lowest BCUT2D eigenvalue weighted by Gasteiger charge is -2.65. The van der Waals surface area contributed by atoms with Crippen LogP contribution in [-0.4, -0.2) is 77.6 Å². The van der Waals surface area contributed by atoms with Crippen molar-refractivity contribution < 1.29 is 33.2 Å². The summed E-state index contributed by atoms with van der Waals surface area (Å²) in [5, 5.41) is 0. The Labute approximate surface area is 215 Å². The van der Waals surface area contributed by atoms with Gasteiger partial charge in [-0.05, 0) is 43.1 Å². The molecule has 0 spiro atoms. The number of allylic oxidation sites excluding steroid dienone is 1. The second kappa shape index (κ2) is 8.51. The molecule has 36 heavy (non-hydrogen) atoms. The van der Waals surface area contributed by atoms with Gasteiger partial charge < -0.3 is 28.4 Å². The number of esters is 1. The zero-order valence-electron chi connectivity index (χ0n) is 23.0. The fourth-order valence-electron chi connectivity index (χ4n) is 10.4. The minimum absolute atomic E-state index is 0.000934. The molecule has 3 aliphatic carbocycles.